The fourth-order valence-electron chi connectivity index (χ4n) is 5.45. The summed E-state index contributed by atoms with van der Waals surface area (Å²) >= 11 is 6.36. The van der Waals surface area contributed by atoms with Crippen LogP contribution in [0.15, 0.2) is 103 Å². The largest absolute Gasteiger partial charge is 0.465 e. The fraction of sp³-hybridized carbons (Fsp3) is 0.243. The van der Waals surface area contributed by atoms with Gasteiger partial charge in [-0.3, -0.25) is 4.79 Å². The summed E-state index contributed by atoms with van der Waals surface area (Å²) in [5, 5.41) is 1.58. The van der Waals surface area contributed by atoms with Gasteiger partial charge in [-0.1, -0.05) is 99.1 Å². The molecule has 1 atom stereocenters. The van der Waals surface area contributed by atoms with Crippen molar-refractivity contribution in [1.29, 1.82) is 0 Å². The molecule has 1 unspecified atom stereocenters. The number of rotatable bonds is 9. The Morgan fingerprint density at radius 3 is 2.00 bits per heavy atom. The summed E-state index contributed by atoms with van der Waals surface area (Å²) in [5.74, 6) is -0.615. The lowest BCUT2D eigenvalue weighted by atomic mass is 9.84. The van der Waals surface area contributed by atoms with Gasteiger partial charge in [0.2, 0.25) is 0 Å². The number of aromatic nitrogens is 1. The number of fused-ring (bicyclic) bond motifs is 1. The lowest BCUT2D eigenvalue weighted by Crippen LogP contribution is -2.23. The Kier molecular flexibility index (Phi) is 8.65. The molecule has 0 saturated heterocycles. The smallest absolute Gasteiger partial charge is 0.337 e. The number of ether oxygens (including phenoxy) is 1. The van der Waals surface area contributed by atoms with Crippen LogP contribution in [-0.2, 0) is 29.5 Å². The second kappa shape index (κ2) is 12.4. The van der Waals surface area contributed by atoms with Crippen LogP contribution in [0, 0.1) is 5.92 Å². The number of ketones is 1. The molecule has 1 aromatic heterocycles. The highest BCUT2D eigenvalue weighted by atomic mass is 35.5. The summed E-state index contributed by atoms with van der Waals surface area (Å²) < 4.78 is 6.97. The predicted octanol–water partition coefficient (Wildman–Crippen LogP) is 8.71. The minimum absolute atomic E-state index is 0.0504. The van der Waals surface area contributed by atoms with Gasteiger partial charge in [-0.05, 0) is 76.9 Å². The van der Waals surface area contributed by atoms with Crippen molar-refractivity contribution < 1.29 is 14.3 Å². The second-order valence-corrected chi connectivity index (χ2v) is 12.3. The number of halogens is 1. The first-order valence-electron chi connectivity index (χ1n) is 14.3. The van der Waals surface area contributed by atoms with Crippen molar-refractivity contribution in [3.05, 3.63) is 142 Å². The van der Waals surface area contributed by atoms with Crippen LogP contribution in [0.1, 0.15) is 63.9 Å². The average Bonchev–Trinajstić information content (AvgIpc) is 3.33. The molecule has 1 heterocycles. The van der Waals surface area contributed by atoms with Gasteiger partial charge in [-0.2, -0.15) is 0 Å². The third-order valence-electron chi connectivity index (χ3n) is 7.83. The molecule has 5 heteroatoms. The Labute approximate surface area is 252 Å². The van der Waals surface area contributed by atoms with E-state index in [0.717, 1.165) is 27.6 Å². The van der Waals surface area contributed by atoms with Crippen molar-refractivity contribution in [2.45, 2.75) is 45.6 Å². The van der Waals surface area contributed by atoms with Crippen molar-refractivity contribution in [3.63, 3.8) is 0 Å². The van der Waals surface area contributed by atoms with E-state index in [1.165, 1.54) is 12.7 Å². The molecule has 0 bridgehead atoms. The van der Waals surface area contributed by atoms with Gasteiger partial charge in [0.1, 0.15) is 0 Å². The minimum Gasteiger partial charge on any atom is -0.465 e. The van der Waals surface area contributed by atoms with E-state index in [1.807, 2.05) is 54.6 Å². The molecule has 0 aliphatic carbocycles. The standard InChI is InChI=1S/C37H36ClNO3/c1-37(2,3)31-16-12-26(13-17-31)21-30(20-25-10-14-28(15-11-25)36(41)42-4)35(40)34-23-29-22-32(38)18-19-33(29)39(34)24-27-8-6-5-7-9-27/h5-19,22-23,30H,20-21,24H2,1-4H3. The molecule has 4 nitrogen and oxygen atoms in total. The van der Waals surface area contributed by atoms with Crippen LogP contribution in [0.2, 0.25) is 5.02 Å². The summed E-state index contributed by atoms with van der Waals surface area (Å²) in [6.07, 6.45) is 1.13. The zero-order chi connectivity index (χ0) is 29.9. The molecule has 0 aliphatic rings. The third-order valence-corrected chi connectivity index (χ3v) is 8.06. The number of esters is 1. The van der Waals surface area contributed by atoms with Crippen molar-refractivity contribution in [1.82, 2.24) is 4.57 Å². The van der Waals surface area contributed by atoms with Crippen LogP contribution in [0.4, 0.5) is 0 Å². The molecule has 5 rings (SSSR count). The van der Waals surface area contributed by atoms with Crippen molar-refractivity contribution >= 4 is 34.3 Å². The van der Waals surface area contributed by atoms with E-state index >= 15 is 0 Å². The minimum atomic E-state index is -0.378. The molecule has 5 aromatic rings. The molecule has 0 radical (unpaired) electrons. The Morgan fingerprint density at radius 1 is 0.786 bits per heavy atom. The molecule has 0 aliphatic heterocycles. The van der Waals surface area contributed by atoms with Gasteiger partial charge in [0.15, 0.2) is 5.78 Å². The maximum atomic E-state index is 14.5. The molecule has 0 amide bonds. The van der Waals surface area contributed by atoms with Crippen LogP contribution in [-0.4, -0.2) is 23.4 Å². The number of Topliss-reactive ketones (excluding diaryl/α,β-unsaturated/α-hetero) is 1. The maximum Gasteiger partial charge on any atom is 0.337 e. The van der Waals surface area contributed by atoms with E-state index in [0.29, 0.717) is 35.7 Å². The van der Waals surface area contributed by atoms with Crippen LogP contribution < -0.4 is 0 Å². The van der Waals surface area contributed by atoms with Crippen molar-refractivity contribution in [3.8, 4) is 0 Å². The van der Waals surface area contributed by atoms with Crippen LogP contribution >= 0.6 is 11.6 Å². The average molecular weight is 578 g/mol. The monoisotopic (exact) mass is 577 g/mol. The number of nitrogens with zero attached hydrogens (tertiary/aromatic N) is 1. The van der Waals surface area contributed by atoms with Gasteiger partial charge < -0.3 is 9.30 Å². The summed E-state index contributed by atoms with van der Waals surface area (Å²) in [7, 11) is 1.37. The molecule has 0 fully saturated rings. The zero-order valence-corrected chi connectivity index (χ0v) is 25.3. The summed E-state index contributed by atoms with van der Waals surface area (Å²) in [6.45, 7) is 7.17. The topological polar surface area (TPSA) is 48.3 Å². The van der Waals surface area contributed by atoms with Gasteiger partial charge in [-0.15, -0.1) is 0 Å². The normalized spacial score (nSPS) is 12.3. The first-order chi connectivity index (χ1) is 20.1. The third kappa shape index (κ3) is 6.66. The molecule has 0 saturated carbocycles. The highest BCUT2D eigenvalue weighted by Gasteiger charge is 2.26. The summed E-state index contributed by atoms with van der Waals surface area (Å²) in [4.78, 5) is 26.5. The number of methoxy groups -OCH3 is 1. The summed E-state index contributed by atoms with van der Waals surface area (Å²) in [6, 6.07) is 33.9. The first kappa shape index (κ1) is 29.3. The fourth-order valence-corrected chi connectivity index (χ4v) is 5.63. The van der Waals surface area contributed by atoms with Gasteiger partial charge >= 0.3 is 5.97 Å². The van der Waals surface area contributed by atoms with Gasteiger partial charge in [0, 0.05) is 28.4 Å². The number of carbonyl (C=O) groups excluding carboxylic acids is 2. The van der Waals surface area contributed by atoms with Gasteiger partial charge in [0.25, 0.3) is 0 Å². The first-order valence-corrected chi connectivity index (χ1v) is 14.6. The second-order valence-electron chi connectivity index (χ2n) is 11.9. The Hall–Kier alpha value is -4.15. The Bertz CT molecular complexity index is 1700. The van der Waals surface area contributed by atoms with Crippen LogP contribution in [0.25, 0.3) is 10.9 Å². The van der Waals surface area contributed by atoms with E-state index in [9.17, 15) is 9.59 Å². The van der Waals surface area contributed by atoms with E-state index in [1.54, 1.807) is 12.1 Å². The SMILES string of the molecule is COC(=O)c1ccc(CC(Cc2ccc(C(C)(C)C)cc2)C(=O)c2cc3cc(Cl)ccc3n2Cc2ccccc2)cc1. The zero-order valence-electron chi connectivity index (χ0n) is 24.6. The number of benzene rings is 4. The molecule has 214 valence electrons. The highest BCUT2D eigenvalue weighted by molar-refractivity contribution is 6.31. The molecular formula is C37H36ClNO3. The maximum absolute atomic E-state index is 14.5. The van der Waals surface area contributed by atoms with Crippen molar-refractivity contribution in [2.75, 3.05) is 7.11 Å². The molecule has 4 aromatic carbocycles. The number of hydrogen-bond donors (Lipinski definition) is 0. The molecular weight excluding hydrogens is 542 g/mol. The van der Waals surface area contributed by atoms with Crippen molar-refractivity contribution in [2.24, 2.45) is 5.92 Å². The lowest BCUT2D eigenvalue weighted by molar-refractivity contribution is 0.0600. The summed E-state index contributed by atoms with van der Waals surface area (Å²) in [5.41, 5.74) is 6.65. The molecule has 42 heavy (non-hydrogen) atoms. The number of carbonyl (C=O) groups is 2. The van der Waals surface area contributed by atoms with Crippen LogP contribution in [0.3, 0.4) is 0 Å². The van der Waals surface area contributed by atoms with E-state index < -0.39 is 0 Å². The quantitative estimate of drug-likeness (QED) is 0.130. The van der Waals surface area contributed by atoms with Gasteiger partial charge in [-0.25, -0.2) is 4.79 Å². The highest BCUT2D eigenvalue weighted by Crippen LogP contribution is 2.29. The van der Waals surface area contributed by atoms with E-state index in [4.69, 9.17) is 16.3 Å². The molecule has 0 N–H and O–H groups in total. The Balaban J connectivity index is 1.54. The van der Waals surface area contributed by atoms with E-state index in [2.05, 4.69) is 61.7 Å². The molecule has 0 spiro atoms. The lowest BCUT2D eigenvalue weighted by Gasteiger charge is -2.21. The predicted molar refractivity (Wildman–Crippen MR) is 171 cm³/mol. The number of hydrogen-bond acceptors (Lipinski definition) is 3. The van der Waals surface area contributed by atoms with E-state index in [-0.39, 0.29) is 23.1 Å². The van der Waals surface area contributed by atoms with Crippen LogP contribution in [0.5, 0.6) is 0 Å². The Morgan fingerprint density at radius 2 is 1.40 bits per heavy atom. The van der Waals surface area contributed by atoms with Gasteiger partial charge in [0.05, 0.1) is 18.4 Å².